The van der Waals surface area contributed by atoms with Crippen LogP contribution >= 0.6 is 0 Å². The van der Waals surface area contributed by atoms with E-state index in [2.05, 4.69) is 18.7 Å². The smallest absolute Gasteiger partial charge is 0.0639 e. The van der Waals surface area contributed by atoms with E-state index in [0.717, 1.165) is 12.5 Å². The van der Waals surface area contributed by atoms with E-state index >= 15 is 0 Å². The van der Waals surface area contributed by atoms with Gasteiger partial charge in [-0.25, -0.2) is 0 Å². The maximum Gasteiger partial charge on any atom is 0.0639 e. The van der Waals surface area contributed by atoms with Crippen LogP contribution in [0.2, 0.25) is 0 Å². The van der Waals surface area contributed by atoms with Crippen LogP contribution in [0.1, 0.15) is 111 Å². The molecule has 1 atom stereocenters. The van der Waals surface area contributed by atoms with E-state index in [0.29, 0.717) is 13.1 Å². The van der Waals surface area contributed by atoms with Gasteiger partial charge in [0.05, 0.1) is 12.7 Å². The molecule has 0 aliphatic heterocycles. The minimum Gasteiger partial charge on any atom is -0.395 e. The van der Waals surface area contributed by atoms with E-state index in [4.69, 9.17) is 5.11 Å². The lowest BCUT2D eigenvalue weighted by Crippen LogP contribution is -2.34. The van der Waals surface area contributed by atoms with Crippen molar-refractivity contribution < 1.29 is 10.2 Å². The summed E-state index contributed by atoms with van der Waals surface area (Å²) in [6, 6.07) is 0. The molecule has 26 heavy (non-hydrogen) atoms. The summed E-state index contributed by atoms with van der Waals surface area (Å²) in [4.78, 5) is 2.17. The van der Waals surface area contributed by atoms with Gasteiger partial charge in [-0.2, -0.15) is 0 Å². The van der Waals surface area contributed by atoms with Crippen LogP contribution in [-0.2, 0) is 0 Å². The topological polar surface area (TPSA) is 43.7 Å². The van der Waals surface area contributed by atoms with Gasteiger partial charge in [0.2, 0.25) is 0 Å². The summed E-state index contributed by atoms with van der Waals surface area (Å²) in [6.45, 7) is 9.01. The number of aliphatic hydroxyl groups is 2. The first-order valence-corrected chi connectivity index (χ1v) is 11.6. The summed E-state index contributed by atoms with van der Waals surface area (Å²) in [6.07, 6.45) is 19.1. The monoisotopic (exact) mass is 371 g/mol. The van der Waals surface area contributed by atoms with Gasteiger partial charge in [-0.3, -0.25) is 4.90 Å². The van der Waals surface area contributed by atoms with Gasteiger partial charge in [-0.15, -0.1) is 0 Å². The Bertz CT molecular complexity index is 269. The van der Waals surface area contributed by atoms with E-state index < -0.39 is 0 Å². The summed E-state index contributed by atoms with van der Waals surface area (Å²) in [7, 11) is 0. The Labute approximate surface area is 164 Å². The molecule has 3 nitrogen and oxygen atoms in total. The Morgan fingerprint density at radius 1 is 0.615 bits per heavy atom. The van der Waals surface area contributed by atoms with Crippen molar-refractivity contribution in [1.82, 2.24) is 4.90 Å². The number of nitrogens with zero attached hydrogens (tertiary/aromatic N) is 1. The van der Waals surface area contributed by atoms with Gasteiger partial charge in [-0.1, -0.05) is 97.3 Å². The largest absolute Gasteiger partial charge is 0.395 e. The maximum absolute atomic E-state index is 9.46. The highest BCUT2D eigenvalue weighted by molar-refractivity contribution is 4.61. The minimum atomic E-state index is -0.304. The molecule has 0 aliphatic carbocycles. The molecule has 3 heteroatoms. The highest BCUT2D eigenvalue weighted by Crippen LogP contribution is 2.14. The molecular formula is C23H49NO2. The average molecular weight is 372 g/mol. The molecule has 0 bridgehead atoms. The molecule has 0 amide bonds. The molecule has 0 spiro atoms. The number of rotatable bonds is 20. The van der Waals surface area contributed by atoms with Crippen molar-refractivity contribution in [3.8, 4) is 0 Å². The maximum atomic E-state index is 9.46. The molecule has 1 unspecified atom stereocenters. The Hall–Kier alpha value is -0.120. The number of hydrogen-bond acceptors (Lipinski definition) is 3. The van der Waals surface area contributed by atoms with E-state index in [-0.39, 0.29) is 12.7 Å². The quantitative estimate of drug-likeness (QED) is 0.267. The highest BCUT2D eigenvalue weighted by atomic mass is 16.3. The van der Waals surface area contributed by atoms with Gasteiger partial charge in [0.15, 0.2) is 0 Å². The molecule has 158 valence electrons. The standard InChI is InChI=1S/C23H49NO2/c1-22(2)17-15-13-11-9-7-5-4-6-8-10-12-14-16-18-24(19-20-25)21-23(3)26/h22-23,25-26H,4-21H2,1-3H3. The summed E-state index contributed by atoms with van der Waals surface area (Å²) in [5.74, 6) is 0.874. The molecule has 2 N–H and O–H groups in total. The lowest BCUT2D eigenvalue weighted by atomic mass is 10.0. The second-order valence-corrected chi connectivity index (χ2v) is 8.65. The molecule has 0 fully saturated rings. The third-order valence-electron chi connectivity index (χ3n) is 5.19. The van der Waals surface area contributed by atoms with Gasteiger partial charge in [-0.05, 0) is 25.8 Å². The average Bonchev–Trinajstić information content (AvgIpc) is 2.57. The molecule has 0 aromatic carbocycles. The fourth-order valence-corrected chi connectivity index (χ4v) is 3.64. The zero-order valence-corrected chi connectivity index (χ0v) is 18.2. The lowest BCUT2D eigenvalue weighted by molar-refractivity contribution is 0.110. The zero-order valence-electron chi connectivity index (χ0n) is 18.2. The lowest BCUT2D eigenvalue weighted by Gasteiger charge is -2.22. The predicted molar refractivity (Wildman–Crippen MR) is 115 cm³/mol. The third-order valence-corrected chi connectivity index (χ3v) is 5.19. The molecule has 0 saturated carbocycles. The Kier molecular flexibility index (Phi) is 19.5. The summed E-state index contributed by atoms with van der Waals surface area (Å²) < 4.78 is 0. The molecule has 0 saturated heterocycles. The highest BCUT2D eigenvalue weighted by Gasteiger charge is 2.06. The molecule has 0 aromatic heterocycles. The van der Waals surface area contributed by atoms with E-state index in [1.54, 1.807) is 0 Å². The molecular weight excluding hydrogens is 322 g/mol. The zero-order chi connectivity index (χ0) is 19.5. The van der Waals surface area contributed by atoms with E-state index in [9.17, 15) is 5.11 Å². The van der Waals surface area contributed by atoms with Crippen LogP contribution in [0.15, 0.2) is 0 Å². The first-order valence-electron chi connectivity index (χ1n) is 11.6. The van der Waals surface area contributed by atoms with Crippen molar-refractivity contribution in [3.63, 3.8) is 0 Å². The Balaban J connectivity index is 3.23. The molecule has 0 aliphatic rings. The van der Waals surface area contributed by atoms with Crippen molar-refractivity contribution >= 4 is 0 Å². The van der Waals surface area contributed by atoms with Gasteiger partial charge in [0.1, 0.15) is 0 Å². The fourth-order valence-electron chi connectivity index (χ4n) is 3.64. The number of hydrogen-bond donors (Lipinski definition) is 2. The van der Waals surface area contributed by atoms with Gasteiger partial charge >= 0.3 is 0 Å². The van der Waals surface area contributed by atoms with Crippen molar-refractivity contribution in [2.45, 2.75) is 117 Å². The summed E-state index contributed by atoms with van der Waals surface area (Å²) in [5.41, 5.74) is 0. The van der Waals surface area contributed by atoms with Crippen LogP contribution in [-0.4, -0.2) is 47.5 Å². The van der Waals surface area contributed by atoms with Gasteiger partial charge < -0.3 is 10.2 Å². The minimum absolute atomic E-state index is 0.185. The van der Waals surface area contributed by atoms with Crippen molar-refractivity contribution in [2.75, 3.05) is 26.2 Å². The van der Waals surface area contributed by atoms with Gasteiger partial charge in [0, 0.05) is 13.1 Å². The molecule has 0 aromatic rings. The first-order chi connectivity index (χ1) is 12.6. The van der Waals surface area contributed by atoms with Crippen LogP contribution in [0.25, 0.3) is 0 Å². The van der Waals surface area contributed by atoms with E-state index in [1.807, 2.05) is 6.92 Å². The van der Waals surface area contributed by atoms with Gasteiger partial charge in [0.25, 0.3) is 0 Å². The van der Waals surface area contributed by atoms with Crippen LogP contribution < -0.4 is 0 Å². The van der Waals surface area contributed by atoms with E-state index in [1.165, 1.54) is 89.9 Å². The second kappa shape index (κ2) is 19.6. The number of unbranched alkanes of at least 4 members (excludes halogenated alkanes) is 12. The predicted octanol–water partition coefficient (Wildman–Crippen LogP) is 5.78. The third kappa shape index (κ3) is 20.2. The summed E-state index contributed by atoms with van der Waals surface area (Å²) in [5, 5.41) is 18.5. The summed E-state index contributed by atoms with van der Waals surface area (Å²) >= 11 is 0. The molecule has 0 heterocycles. The first kappa shape index (κ1) is 25.9. The van der Waals surface area contributed by atoms with Crippen molar-refractivity contribution in [3.05, 3.63) is 0 Å². The Morgan fingerprint density at radius 2 is 1.04 bits per heavy atom. The van der Waals surface area contributed by atoms with Crippen molar-refractivity contribution in [1.29, 1.82) is 0 Å². The Morgan fingerprint density at radius 3 is 1.42 bits per heavy atom. The van der Waals surface area contributed by atoms with Crippen LogP contribution in [0.5, 0.6) is 0 Å². The number of aliphatic hydroxyl groups excluding tert-OH is 2. The fraction of sp³-hybridized carbons (Fsp3) is 1.00. The SMILES string of the molecule is CC(C)CCCCCCCCCCCCCCCN(CCO)CC(C)O. The normalized spacial score (nSPS) is 13.0. The van der Waals surface area contributed by atoms with Crippen LogP contribution in [0.4, 0.5) is 0 Å². The van der Waals surface area contributed by atoms with Crippen LogP contribution in [0, 0.1) is 5.92 Å². The second-order valence-electron chi connectivity index (χ2n) is 8.65. The molecule has 0 rings (SSSR count). The van der Waals surface area contributed by atoms with Crippen molar-refractivity contribution in [2.24, 2.45) is 5.92 Å². The molecule has 0 radical (unpaired) electrons. The van der Waals surface area contributed by atoms with Crippen LogP contribution in [0.3, 0.4) is 0 Å².